The molecule has 0 aliphatic heterocycles. The second kappa shape index (κ2) is 5.31. The second-order valence-corrected chi connectivity index (χ2v) is 3.05. The fourth-order valence-corrected chi connectivity index (χ4v) is 1.02. The highest BCUT2D eigenvalue weighted by atomic mass is 35.5. The molecule has 0 heterocycles. The van der Waals surface area contributed by atoms with Crippen molar-refractivity contribution in [3.8, 4) is 0 Å². The summed E-state index contributed by atoms with van der Waals surface area (Å²) < 4.78 is 0. The average molecular weight is 230 g/mol. The highest BCUT2D eigenvalue weighted by Crippen LogP contribution is 2.13. The first-order valence-electron chi connectivity index (χ1n) is 4.03. The van der Waals surface area contributed by atoms with Crippen LogP contribution in [0.25, 0.3) is 0 Å². The van der Waals surface area contributed by atoms with Crippen LogP contribution in [-0.2, 0) is 0 Å². The van der Waals surface area contributed by atoms with E-state index < -0.39 is 4.92 Å². The van der Waals surface area contributed by atoms with Gasteiger partial charge in [-0.2, -0.15) is 0 Å². The van der Waals surface area contributed by atoms with Crippen molar-refractivity contribution in [3.05, 3.63) is 39.9 Å². The quantitative estimate of drug-likeness (QED) is 0.364. The molecule has 1 rings (SSSR count). The van der Waals surface area contributed by atoms with Gasteiger partial charge < -0.3 is 4.90 Å². The summed E-state index contributed by atoms with van der Waals surface area (Å²) in [7, 11) is 3.45. The van der Waals surface area contributed by atoms with Crippen LogP contribution in [0.2, 0.25) is 0 Å². The molecule has 0 fully saturated rings. The van der Waals surface area contributed by atoms with E-state index in [9.17, 15) is 10.1 Å². The van der Waals surface area contributed by atoms with Crippen LogP contribution in [0.5, 0.6) is 0 Å². The van der Waals surface area contributed by atoms with E-state index in [-0.39, 0.29) is 23.9 Å². The van der Waals surface area contributed by atoms with Gasteiger partial charge in [0.15, 0.2) is 0 Å². The lowest BCUT2D eigenvalue weighted by Gasteiger charge is -2.12. The number of non-ortho nitro benzene ring substituents is 1. The van der Waals surface area contributed by atoms with E-state index in [2.05, 4.69) is 0 Å². The summed E-state index contributed by atoms with van der Waals surface area (Å²) in [5.74, 6) is 0.258. The van der Waals surface area contributed by atoms with Crippen molar-refractivity contribution >= 4 is 23.9 Å². The molecule has 0 unspecified atom stereocenters. The van der Waals surface area contributed by atoms with Crippen LogP contribution in [0, 0.1) is 15.5 Å². The molecule has 6 heteroatoms. The third-order valence-electron chi connectivity index (χ3n) is 1.78. The maximum Gasteiger partial charge on any atom is 0.270 e. The molecule has 1 aromatic rings. The van der Waals surface area contributed by atoms with E-state index in [1.54, 1.807) is 31.1 Å². The molecule has 82 valence electrons. The van der Waals surface area contributed by atoms with Crippen LogP contribution >= 0.6 is 12.4 Å². The van der Waals surface area contributed by atoms with Crippen molar-refractivity contribution in [1.29, 1.82) is 5.41 Å². The van der Waals surface area contributed by atoms with E-state index in [1.807, 2.05) is 0 Å². The summed E-state index contributed by atoms with van der Waals surface area (Å²) in [5, 5.41) is 18.1. The maximum atomic E-state index is 10.5. The number of halogens is 1. The Bertz CT molecular complexity index is 379. The fraction of sp³-hybridized carbons (Fsp3) is 0.222. The van der Waals surface area contributed by atoms with Gasteiger partial charge in [-0.15, -0.1) is 12.4 Å². The van der Waals surface area contributed by atoms with Gasteiger partial charge in [0.05, 0.1) is 4.92 Å². The van der Waals surface area contributed by atoms with Crippen LogP contribution in [0.1, 0.15) is 5.56 Å². The Morgan fingerprint density at radius 3 is 2.53 bits per heavy atom. The van der Waals surface area contributed by atoms with E-state index in [0.29, 0.717) is 5.56 Å². The lowest BCUT2D eigenvalue weighted by Crippen LogP contribution is -2.21. The molecule has 5 nitrogen and oxygen atoms in total. The van der Waals surface area contributed by atoms with Crippen LogP contribution in [-0.4, -0.2) is 29.8 Å². The molecule has 0 aliphatic rings. The number of nitro benzene ring substituents is 1. The fourth-order valence-electron chi connectivity index (χ4n) is 1.02. The maximum absolute atomic E-state index is 10.5. The predicted octanol–water partition coefficient (Wildman–Crippen LogP) is 1.90. The van der Waals surface area contributed by atoms with Gasteiger partial charge in [-0.25, -0.2) is 0 Å². The Hall–Kier alpha value is -1.62. The Kier molecular flexibility index (Phi) is 4.73. The zero-order chi connectivity index (χ0) is 10.7. The van der Waals surface area contributed by atoms with Crippen LogP contribution in [0.3, 0.4) is 0 Å². The number of nitro groups is 1. The van der Waals surface area contributed by atoms with Crippen molar-refractivity contribution in [2.75, 3.05) is 14.1 Å². The number of amidine groups is 1. The molecule has 0 saturated carbocycles. The molecule has 0 bridgehead atoms. The highest BCUT2D eigenvalue weighted by Gasteiger charge is 2.09. The standard InChI is InChI=1S/C9H11N3O2.ClH/c1-11(2)9(10)7-4-3-5-8(6-7)12(13)14;/h3-6,10H,1-2H3;1H. The first-order valence-corrected chi connectivity index (χ1v) is 4.03. The Balaban J connectivity index is 0.00000196. The third-order valence-corrected chi connectivity index (χ3v) is 1.78. The van der Waals surface area contributed by atoms with E-state index in [0.717, 1.165) is 0 Å². The van der Waals surface area contributed by atoms with Gasteiger partial charge in [-0.3, -0.25) is 15.5 Å². The van der Waals surface area contributed by atoms with Crippen molar-refractivity contribution < 1.29 is 4.92 Å². The van der Waals surface area contributed by atoms with E-state index in [1.165, 1.54) is 12.1 Å². The molecule has 0 aliphatic carbocycles. The number of benzene rings is 1. The molecular weight excluding hydrogens is 218 g/mol. The first-order chi connectivity index (χ1) is 6.52. The van der Waals surface area contributed by atoms with Gasteiger partial charge in [0.2, 0.25) is 0 Å². The zero-order valence-corrected chi connectivity index (χ0v) is 9.25. The van der Waals surface area contributed by atoms with Crippen molar-refractivity contribution in [3.63, 3.8) is 0 Å². The first kappa shape index (κ1) is 13.4. The van der Waals surface area contributed by atoms with Gasteiger partial charge in [-0.05, 0) is 0 Å². The zero-order valence-electron chi connectivity index (χ0n) is 8.43. The van der Waals surface area contributed by atoms with E-state index in [4.69, 9.17) is 5.41 Å². The van der Waals surface area contributed by atoms with Gasteiger partial charge in [-0.1, -0.05) is 12.1 Å². The monoisotopic (exact) mass is 229 g/mol. The molecule has 15 heavy (non-hydrogen) atoms. The minimum absolute atomic E-state index is 0. The second-order valence-electron chi connectivity index (χ2n) is 3.05. The molecule has 0 amide bonds. The number of rotatable bonds is 2. The molecule has 0 aromatic heterocycles. The molecule has 0 spiro atoms. The number of nitrogens with one attached hydrogen (secondary N) is 1. The lowest BCUT2D eigenvalue weighted by molar-refractivity contribution is -0.384. The summed E-state index contributed by atoms with van der Waals surface area (Å²) in [5.41, 5.74) is 0.554. The third kappa shape index (κ3) is 3.21. The van der Waals surface area contributed by atoms with Crippen LogP contribution < -0.4 is 0 Å². The van der Waals surface area contributed by atoms with Gasteiger partial charge in [0.25, 0.3) is 5.69 Å². The average Bonchev–Trinajstić information content (AvgIpc) is 2.16. The topological polar surface area (TPSA) is 70.2 Å². The van der Waals surface area contributed by atoms with Crippen LogP contribution in [0.4, 0.5) is 5.69 Å². The van der Waals surface area contributed by atoms with E-state index >= 15 is 0 Å². The summed E-state index contributed by atoms with van der Waals surface area (Å²) in [6.07, 6.45) is 0. The molecule has 0 atom stereocenters. The number of nitrogens with zero attached hydrogens (tertiary/aromatic N) is 2. The highest BCUT2D eigenvalue weighted by molar-refractivity contribution is 5.96. The molecule has 0 saturated heterocycles. The number of hydrogen-bond donors (Lipinski definition) is 1. The lowest BCUT2D eigenvalue weighted by atomic mass is 10.2. The molecule has 1 N–H and O–H groups in total. The van der Waals surface area contributed by atoms with Crippen molar-refractivity contribution in [2.24, 2.45) is 0 Å². The van der Waals surface area contributed by atoms with Gasteiger partial charge in [0, 0.05) is 31.8 Å². The number of hydrogen-bond acceptors (Lipinski definition) is 3. The Morgan fingerprint density at radius 2 is 2.07 bits per heavy atom. The summed E-state index contributed by atoms with van der Waals surface area (Å²) >= 11 is 0. The van der Waals surface area contributed by atoms with Crippen LogP contribution in [0.15, 0.2) is 24.3 Å². The largest absolute Gasteiger partial charge is 0.363 e. The molecule has 1 aromatic carbocycles. The smallest absolute Gasteiger partial charge is 0.270 e. The SMILES string of the molecule is CN(C)C(=N)c1cccc([N+](=O)[O-])c1.Cl. The van der Waals surface area contributed by atoms with Gasteiger partial charge >= 0.3 is 0 Å². The minimum Gasteiger partial charge on any atom is -0.363 e. The summed E-state index contributed by atoms with van der Waals surface area (Å²) in [6, 6.07) is 6.05. The Labute approximate surface area is 93.8 Å². The normalized spacial score (nSPS) is 8.93. The van der Waals surface area contributed by atoms with Gasteiger partial charge in [0.1, 0.15) is 5.84 Å². The van der Waals surface area contributed by atoms with Crippen molar-refractivity contribution in [1.82, 2.24) is 4.90 Å². The summed E-state index contributed by atoms with van der Waals surface area (Å²) in [4.78, 5) is 11.6. The molecule has 0 radical (unpaired) electrons. The molecular formula is C9H12ClN3O2. The van der Waals surface area contributed by atoms with Crippen molar-refractivity contribution in [2.45, 2.75) is 0 Å². The predicted molar refractivity (Wildman–Crippen MR) is 60.9 cm³/mol. The Morgan fingerprint density at radius 1 is 1.47 bits per heavy atom. The minimum atomic E-state index is -0.466. The summed E-state index contributed by atoms with van der Waals surface area (Å²) in [6.45, 7) is 0.